The number of halogens is 2. The fourth-order valence-corrected chi connectivity index (χ4v) is 0.965. The van der Waals surface area contributed by atoms with E-state index in [1.807, 2.05) is 0 Å². The average molecular weight is 222 g/mol. The molecule has 0 aliphatic carbocycles. The summed E-state index contributed by atoms with van der Waals surface area (Å²) >= 11 is 8.42. The van der Waals surface area contributed by atoms with Gasteiger partial charge in [0.25, 0.3) is 0 Å². The van der Waals surface area contributed by atoms with E-state index < -0.39 is 4.29 Å². The van der Waals surface area contributed by atoms with Crippen LogP contribution in [0.25, 0.3) is 0 Å². The van der Waals surface area contributed by atoms with Gasteiger partial charge in [-0.15, -0.1) is 11.6 Å². The van der Waals surface area contributed by atoms with Crippen LogP contribution in [-0.2, 0) is 0 Å². The van der Waals surface area contributed by atoms with Crippen molar-refractivity contribution in [1.29, 1.82) is 0 Å². The van der Waals surface area contributed by atoms with E-state index in [1.165, 1.54) is 0 Å². The Morgan fingerprint density at radius 2 is 2.50 bits per heavy atom. The molecule has 10 heavy (non-hydrogen) atoms. The second kappa shape index (κ2) is 3.21. The highest BCUT2D eigenvalue weighted by atomic mass is 79.9. The van der Waals surface area contributed by atoms with E-state index in [4.69, 9.17) is 11.6 Å². The third-order valence-electron chi connectivity index (χ3n) is 1.06. The first-order chi connectivity index (χ1) is 4.72. The molecule has 54 valence electrons. The van der Waals surface area contributed by atoms with Crippen molar-refractivity contribution in [3.8, 4) is 0 Å². The molecule has 1 aromatic heterocycles. The molecule has 0 amide bonds. The summed E-state index contributed by atoms with van der Waals surface area (Å²) in [6, 6.07) is 3.43. The number of nitrogens with one attached hydrogen (secondary N) is 1. The van der Waals surface area contributed by atoms with E-state index in [0.29, 0.717) is 5.69 Å². The molecule has 0 fully saturated rings. The van der Waals surface area contributed by atoms with E-state index >= 15 is 0 Å². The normalized spacial score (nSPS) is 13.0. The minimum Gasteiger partial charge on any atom is -0.359 e. The molecule has 0 saturated carbocycles. The summed E-state index contributed by atoms with van der Waals surface area (Å²) in [5, 5.41) is 0. The van der Waals surface area contributed by atoms with E-state index in [0.717, 1.165) is 0 Å². The first-order valence-electron chi connectivity index (χ1n) is 2.67. The van der Waals surface area contributed by atoms with Crippen LogP contribution in [0.4, 0.5) is 0 Å². The molecule has 0 spiro atoms. The van der Waals surface area contributed by atoms with E-state index in [9.17, 15) is 4.79 Å². The van der Waals surface area contributed by atoms with Gasteiger partial charge in [0.1, 0.15) is 0 Å². The maximum absolute atomic E-state index is 11.0. The van der Waals surface area contributed by atoms with Crippen LogP contribution < -0.4 is 0 Å². The van der Waals surface area contributed by atoms with Crippen molar-refractivity contribution in [3.63, 3.8) is 0 Å². The Bertz CT molecular complexity index is 220. The molecule has 0 aromatic carbocycles. The number of hydrogen-bond acceptors (Lipinski definition) is 1. The number of carbonyl (C=O) groups is 1. The summed E-state index contributed by atoms with van der Waals surface area (Å²) in [7, 11) is 0. The van der Waals surface area contributed by atoms with Crippen LogP contribution in [0.5, 0.6) is 0 Å². The third-order valence-corrected chi connectivity index (χ3v) is 1.68. The zero-order valence-electron chi connectivity index (χ0n) is 4.97. The summed E-state index contributed by atoms with van der Waals surface area (Å²) in [6.07, 6.45) is 1.68. The van der Waals surface area contributed by atoms with E-state index in [1.54, 1.807) is 18.3 Å². The van der Waals surface area contributed by atoms with Crippen LogP contribution in [0.1, 0.15) is 10.5 Å². The van der Waals surface area contributed by atoms with E-state index in [-0.39, 0.29) is 5.78 Å². The lowest BCUT2D eigenvalue weighted by Gasteiger charge is -1.95. The standard InChI is InChI=1S/C6H5BrClNO/c7-6(8)5(10)4-2-1-3-9-4/h1-3,6,9H. The van der Waals surface area contributed by atoms with Gasteiger partial charge in [0, 0.05) is 6.20 Å². The Kier molecular flexibility index (Phi) is 2.51. The Morgan fingerprint density at radius 3 is 2.90 bits per heavy atom. The van der Waals surface area contributed by atoms with Gasteiger partial charge in [-0.2, -0.15) is 0 Å². The summed E-state index contributed by atoms with van der Waals surface area (Å²) in [5.41, 5.74) is 0.525. The van der Waals surface area contributed by atoms with Gasteiger partial charge in [0.15, 0.2) is 4.29 Å². The molecular weight excluding hydrogens is 217 g/mol. The minimum atomic E-state index is -0.633. The van der Waals surface area contributed by atoms with Crippen LogP contribution in [0.3, 0.4) is 0 Å². The lowest BCUT2D eigenvalue weighted by Crippen LogP contribution is -2.07. The van der Waals surface area contributed by atoms with Gasteiger partial charge < -0.3 is 4.98 Å². The lowest BCUT2D eigenvalue weighted by molar-refractivity contribution is 0.101. The predicted octanol–water partition coefficient (Wildman–Crippen LogP) is 2.16. The lowest BCUT2D eigenvalue weighted by atomic mass is 10.3. The number of Topliss-reactive ketones (excluding diaryl/α,β-unsaturated/α-hetero) is 1. The van der Waals surface area contributed by atoms with Gasteiger partial charge in [-0.05, 0) is 12.1 Å². The molecule has 0 bridgehead atoms. The van der Waals surface area contributed by atoms with Gasteiger partial charge in [0.2, 0.25) is 5.78 Å². The molecule has 1 atom stereocenters. The topological polar surface area (TPSA) is 32.9 Å². The van der Waals surface area contributed by atoms with Crippen molar-refractivity contribution < 1.29 is 4.79 Å². The first-order valence-corrected chi connectivity index (χ1v) is 4.03. The Balaban J connectivity index is 2.78. The molecule has 0 saturated heterocycles. The second-order valence-corrected chi connectivity index (χ2v) is 3.63. The van der Waals surface area contributed by atoms with Crippen molar-refractivity contribution in [3.05, 3.63) is 24.0 Å². The molecule has 1 aromatic rings. The molecule has 1 N–H and O–H groups in total. The fourth-order valence-electron chi connectivity index (χ4n) is 0.601. The van der Waals surface area contributed by atoms with Gasteiger partial charge in [-0.3, -0.25) is 4.79 Å². The number of alkyl halides is 2. The molecule has 4 heteroatoms. The summed E-state index contributed by atoms with van der Waals surface area (Å²) < 4.78 is -0.633. The summed E-state index contributed by atoms with van der Waals surface area (Å²) in [5.74, 6) is -0.147. The van der Waals surface area contributed by atoms with Crippen LogP contribution in [0, 0.1) is 0 Å². The summed E-state index contributed by atoms with van der Waals surface area (Å²) in [6.45, 7) is 0. The van der Waals surface area contributed by atoms with Gasteiger partial charge in [0.05, 0.1) is 5.69 Å². The fraction of sp³-hybridized carbons (Fsp3) is 0.167. The van der Waals surface area contributed by atoms with Crippen molar-refractivity contribution >= 4 is 33.3 Å². The van der Waals surface area contributed by atoms with Crippen molar-refractivity contribution in [2.45, 2.75) is 4.29 Å². The third kappa shape index (κ3) is 1.61. The number of aromatic nitrogens is 1. The molecule has 0 radical (unpaired) electrons. The number of rotatable bonds is 2. The molecule has 1 unspecified atom stereocenters. The van der Waals surface area contributed by atoms with Gasteiger partial charge >= 0.3 is 0 Å². The second-order valence-electron chi connectivity index (χ2n) is 1.75. The number of H-pyrrole nitrogens is 1. The number of aromatic amines is 1. The van der Waals surface area contributed by atoms with Crippen molar-refractivity contribution in [2.24, 2.45) is 0 Å². The molecule has 1 rings (SSSR count). The van der Waals surface area contributed by atoms with Crippen LogP contribution in [0.15, 0.2) is 18.3 Å². The zero-order valence-corrected chi connectivity index (χ0v) is 7.32. The highest BCUT2D eigenvalue weighted by Crippen LogP contribution is 2.11. The largest absolute Gasteiger partial charge is 0.359 e. The SMILES string of the molecule is O=C(c1ccc[nH]1)C(Cl)Br. The van der Waals surface area contributed by atoms with Crippen LogP contribution in [-0.4, -0.2) is 15.1 Å². The quantitative estimate of drug-likeness (QED) is 0.604. The highest BCUT2D eigenvalue weighted by molar-refractivity contribution is 9.10. The van der Waals surface area contributed by atoms with Crippen molar-refractivity contribution in [2.75, 3.05) is 0 Å². The molecule has 0 aliphatic heterocycles. The van der Waals surface area contributed by atoms with E-state index in [2.05, 4.69) is 20.9 Å². The maximum Gasteiger partial charge on any atom is 0.207 e. The van der Waals surface area contributed by atoms with Crippen LogP contribution >= 0.6 is 27.5 Å². The van der Waals surface area contributed by atoms with Crippen LogP contribution in [0.2, 0.25) is 0 Å². The molecule has 1 heterocycles. The monoisotopic (exact) mass is 221 g/mol. The van der Waals surface area contributed by atoms with Gasteiger partial charge in [-0.25, -0.2) is 0 Å². The number of hydrogen-bond donors (Lipinski definition) is 1. The zero-order chi connectivity index (χ0) is 7.56. The first kappa shape index (κ1) is 7.82. The van der Waals surface area contributed by atoms with Crippen molar-refractivity contribution in [1.82, 2.24) is 4.98 Å². The predicted molar refractivity (Wildman–Crippen MR) is 43.7 cm³/mol. The smallest absolute Gasteiger partial charge is 0.207 e. The molecule has 0 aliphatic rings. The molecular formula is C6H5BrClNO. The Labute approximate surface area is 71.7 Å². The Hall–Kier alpha value is -0.280. The highest BCUT2D eigenvalue weighted by Gasteiger charge is 2.13. The minimum absolute atomic E-state index is 0.147. The molecule has 2 nitrogen and oxygen atoms in total. The van der Waals surface area contributed by atoms with Gasteiger partial charge in [-0.1, -0.05) is 15.9 Å². The maximum atomic E-state index is 11.0. The Morgan fingerprint density at radius 1 is 1.80 bits per heavy atom. The average Bonchev–Trinajstić information content (AvgIpc) is 2.36. The number of ketones is 1. The summed E-state index contributed by atoms with van der Waals surface area (Å²) in [4.78, 5) is 13.7. The number of carbonyl (C=O) groups excluding carboxylic acids is 1.